The van der Waals surface area contributed by atoms with Crippen LogP contribution in [0.25, 0.3) is 0 Å². The fraction of sp³-hybridized carbons (Fsp3) is 0.778. The lowest BCUT2D eigenvalue weighted by atomic mass is 9.78. The normalized spacial score (nSPS) is 20.8. The van der Waals surface area contributed by atoms with Gasteiger partial charge in [-0.15, -0.1) is 0 Å². The molecule has 72 valence electrons. The Morgan fingerprint density at radius 2 is 2.15 bits per heavy atom. The molecular weight excluding hydrogens is 168 g/mol. The first-order valence-electron chi connectivity index (χ1n) is 4.42. The van der Waals surface area contributed by atoms with Crippen LogP contribution in [0.3, 0.4) is 0 Å². The van der Waals surface area contributed by atoms with Crippen LogP contribution in [0.4, 0.5) is 4.79 Å². The van der Waals surface area contributed by atoms with Gasteiger partial charge >= 0.3 is 6.09 Å². The summed E-state index contributed by atoms with van der Waals surface area (Å²) in [7, 11) is 0. The van der Waals surface area contributed by atoms with Crippen LogP contribution in [0.2, 0.25) is 0 Å². The monoisotopic (exact) mass is 182 g/mol. The summed E-state index contributed by atoms with van der Waals surface area (Å²) in [6, 6.07) is 2.16. The van der Waals surface area contributed by atoms with Crippen molar-refractivity contribution in [2.75, 3.05) is 13.1 Å². The summed E-state index contributed by atoms with van der Waals surface area (Å²) in [5.41, 5.74) is 0.0285. The maximum absolute atomic E-state index is 10.6. The van der Waals surface area contributed by atoms with Crippen molar-refractivity contribution in [2.45, 2.75) is 26.2 Å². The number of nitriles is 1. The van der Waals surface area contributed by atoms with Gasteiger partial charge in [0.15, 0.2) is 0 Å². The summed E-state index contributed by atoms with van der Waals surface area (Å²) in [4.78, 5) is 12.0. The summed E-state index contributed by atoms with van der Waals surface area (Å²) in [6.45, 7) is 3.18. The zero-order chi connectivity index (χ0) is 9.90. The van der Waals surface area contributed by atoms with Crippen LogP contribution in [-0.4, -0.2) is 29.2 Å². The Hall–Kier alpha value is -1.24. The molecule has 1 rings (SSSR count). The number of carboxylic acid groups (broad SMARTS) is 1. The second-order valence-electron chi connectivity index (χ2n) is 3.92. The molecular formula is C9H14N2O2. The Bertz CT molecular complexity index is 236. The second-order valence-corrected chi connectivity index (χ2v) is 3.92. The number of rotatable bonds is 1. The van der Waals surface area contributed by atoms with Crippen LogP contribution in [0, 0.1) is 16.7 Å². The molecule has 1 aliphatic heterocycles. The molecule has 1 saturated heterocycles. The molecule has 4 nitrogen and oxygen atoms in total. The highest BCUT2D eigenvalue weighted by Gasteiger charge is 2.31. The van der Waals surface area contributed by atoms with Crippen LogP contribution < -0.4 is 0 Å². The van der Waals surface area contributed by atoms with Crippen molar-refractivity contribution in [3.8, 4) is 6.07 Å². The first kappa shape index (κ1) is 9.85. The van der Waals surface area contributed by atoms with Gasteiger partial charge in [-0.3, -0.25) is 0 Å². The fourth-order valence-corrected chi connectivity index (χ4v) is 1.61. The number of nitrogens with zero attached hydrogens (tertiary/aromatic N) is 2. The fourth-order valence-electron chi connectivity index (χ4n) is 1.61. The number of hydrogen-bond donors (Lipinski definition) is 1. The summed E-state index contributed by atoms with van der Waals surface area (Å²) in [5, 5.41) is 17.3. The van der Waals surface area contributed by atoms with Crippen LogP contribution >= 0.6 is 0 Å². The molecule has 0 aromatic rings. The molecule has 1 amide bonds. The van der Waals surface area contributed by atoms with Crippen LogP contribution in [-0.2, 0) is 0 Å². The van der Waals surface area contributed by atoms with Crippen LogP contribution in [0.1, 0.15) is 26.2 Å². The van der Waals surface area contributed by atoms with Crippen molar-refractivity contribution >= 4 is 6.09 Å². The van der Waals surface area contributed by atoms with E-state index in [1.165, 1.54) is 4.90 Å². The molecule has 0 unspecified atom stereocenters. The van der Waals surface area contributed by atoms with Crippen molar-refractivity contribution < 1.29 is 9.90 Å². The molecule has 1 fully saturated rings. The van der Waals surface area contributed by atoms with E-state index in [4.69, 9.17) is 10.4 Å². The van der Waals surface area contributed by atoms with Gasteiger partial charge in [0.05, 0.1) is 6.07 Å². The maximum atomic E-state index is 10.6. The average molecular weight is 182 g/mol. The standard InChI is InChI=1S/C9H14N2O2/c1-9(2-5-10)3-6-11(7-4-9)8(12)13/h2-4,6-7H2,1H3,(H,12,13). The Labute approximate surface area is 77.8 Å². The minimum absolute atomic E-state index is 0.0285. The molecule has 0 bridgehead atoms. The molecule has 0 saturated carbocycles. The minimum Gasteiger partial charge on any atom is -0.465 e. The smallest absolute Gasteiger partial charge is 0.407 e. The van der Waals surface area contributed by atoms with Crippen molar-refractivity contribution in [2.24, 2.45) is 5.41 Å². The molecule has 0 atom stereocenters. The third-order valence-electron chi connectivity index (χ3n) is 2.75. The molecule has 0 radical (unpaired) electrons. The summed E-state index contributed by atoms with van der Waals surface area (Å²) in [6.07, 6.45) is 1.28. The number of amides is 1. The Morgan fingerprint density at radius 3 is 2.54 bits per heavy atom. The first-order chi connectivity index (χ1) is 6.07. The van der Waals surface area contributed by atoms with Gasteiger partial charge in [0.25, 0.3) is 0 Å². The lowest BCUT2D eigenvalue weighted by molar-refractivity contribution is 0.0994. The Balaban J connectivity index is 2.47. The minimum atomic E-state index is -0.848. The van der Waals surface area contributed by atoms with Gasteiger partial charge in [0, 0.05) is 19.5 Å². The van der Waals surface area contributed by atoms with Crippen LogP contribution in [0.5, 0.6) is 0 Å². The maximum Gasteiger partial charge on any atom is 0.407 e. The molecule has 1 N–H and O–H groups in total. The van der Waals surface area contributed by atoms with E-state index in [2.05, 4.69) is 13.0 Å². The van der Waals surface area contributed by atoms with E-state index in [-0.39, 0.29) is 5.41 Å². The van der Waals surface area contributed by atoms with E-state index in [9.17, 15) is 4.79 Å². The summed E-state index contributed by atoms with van der Waals surface area (Å²) >= 11 is 0. The highest BCUT2D eigenvalue weighted by atomic mass is 16.4. The van der Waals surface area contributed by atoms with Gasteiger partial charge in [0.1, 0.15) is 0 Å². The predicted molar refractivity (Wildman–Crippen MR) is 47.2 cm³/mol. The molecule has 0 aliphatic carbocycles. The van der Waals surface area contributed by atoms with E-state index in [0.29, 0.717) is 19.5 Å². The van der Waals surface area contributed by atoms with E-state index >= 15 is 0 Å². The largest absolute Gasteiger partial charge is 0.465 e. The predicted octanol–water partition coefficient (Wildman–Crippen LogP) is 1.68. The van der Waals surface area contributed by atoms with Crippen molar-refractivity contribution in [1.82, 2.24) is 4.90 Å². The van der Waals surface area contributed by atoms with Gasteiger partial charge in [-0.05, 0) is 18.3 Å². The van der Waals surface area contributed by atoms with Gasteiger partial charge in [0.2, 0.25) is 0 Å². The first-order valence-corrected chi connectivity index (χ1v) is 4.42. The lowest BCUT2D eigenvalue weighted by Gasteiger charge is -2.36. The summed E-state index contributed by atoms with van der Waals surface area (Å²) < 4.78 is 0. The topological polar surface area (TPSA) is 64.3 Å². The zero-order valence-electron chi connectivity index (χ0n) is 7.79. The van der Waals surface area contributed by atoms with Crippen molar-refractivity contribution in [1.29, 1.82) is 5.26 Å². The molecule has 0 aromatic heterocycles. The molecule has 4 heteroatoms. The number of hydrogen-bond acceptors (Lipinski definition) is 2. The quantitative estimate of drug-likeness (QED) is 0.671. The lowest BCUT2D eigenvalue weighted by Crippen LogP contribution is -2.41. The van der Waals surface area contributed by atoms with Crippen molar-refractivity contribution in [3.63, 3.8) is 0 Å². The van der Waals surface area contributed by atoms with Crippen molar-refractivity contribution in [3.05, 3.63) is 0 Å². The molecule has 1 heterocycles. The molecule has 0 aromatic carbocycles. The summed E-state index contributed by atoms with van der Waals surface area (Å²) in [5.74, 6) is 0. The van der Waals surface area contributed by atoms with E-state index in [0.717, 1.165) is 12.8 Å². The van der Waals surface area contributed by atoms with Gasteiger partial charge < -0.3 is 10.0 Å². The molecule has 1 aliphatic rings. The van der Waals surface area contributed by atoms with E-state index < -0.39 is 6.09 Å². The second kappa shape index (κ2) is 3.65. The van der Waals surface area contributed by atoms with Crippen LogP contribution in [0.15, 0.2) is 0 Å². The Morgan fingerprint density at radius 1 is 1.62 bits per heavy atom. The number of likely N-dealkylation sites (tertiary alicyclic amines) is 1. The van der Waals surface area contributed by atoms with E-state index in [1.54, 1.807) is 0 Å². The third-order valence-corrected chi connectivity index (χ3v) is 2.75. The highest BCUT2D eigenvalue weighted by Crippen LogP contribution is 2.33. The van der Waals surface area contributed by atoms with Gasteiger partial charge in [-0.25, -0.2) is 4.79 Å². The SMILES string of the molecule is CC1(CC#N)CCN(C(=O)O)CC1. The zero-order valence-corrected chi connectivity index (χ0v) is 7.79. The van der Waals surface area contributed by atoms with Gasteiger partial charge in [-0.2, -0.15) is 5.26 Å². The third kappa shape index (κ3) is 2.35. The van der Waals surface area contributed by atoms with Gasteiger partial charge in [-0.1, -0.05) is 6.92 Å². The number of carbonyl (C=O) groups is 1. The molecule has 0 spiro atoms. The molecule has 13 heavy (non-hydrogen) atoms. The Kier molecular flexibility index (Phi) is 2.76. The van der Waals surface area contributed by atoms with E-state index in [1.807, 2.05) is 0 Å². The number of piperidine rings is 1. The average Bonchev–Trinajstić information content (AvgIpc) is 2.05. The highest BCUT2D eigenvalue weighted by molar-refractivity contribution is 5.65.